The molecule has 32 heavy (non-hydrogen) atoms. The number of nitrogens with one attached hydrogen (secondary N) is 1. The molecule has 14 nitrogen and oxygen atoms in total. The summed E-state index contributed by atoms with van der Waals surface area (Å²) in [4.78, 5) is 60.0. The van der Waals surface area contributed by atoms with Crippen LogP contribution in [0.4, 0.5) is 0 Å². The van der Waals surface area contributed by atoms with E-state index in [4.69, 9.17) is 25.2 Å². The highest BCUT2D eigenvalue weighted by molar-refractivity contribution is 5.78. The Kier molecular flexibility index (Phi) is 15.4. The number of aliphatic carboxylic acids is 4. The molecule has 0 radical (unpaired) electrons. The van der Waals surface area contributed by atoms with Gasteiger partial charge in [-0.2, -0.15) is 0 Å². The molecule has 0 aromatic heterocycles. The average molecular weight is 464 g/mol. The molecule has 0 saturated carbocycles. The third kappa shape index (κ3) is 16.9. The fourth-order valence-electron chi connectivity index (χ4n) is 2.69. The topological polar surface area (TPSA) is 197 Å². The largest absolute Gasteiger partial charge is 0.480 e. The van der Waals surface area contributed by atoms with Gasteiger partial charge in [0.05, 0.1) is 39.3 Å². The number of hydrogen-bond donors (Lipinski definition) is 5. The van der Waals surface area contributed by atoms with Gasteiger partial charge in [0.2, 0.25) is 5.91 Å². The molecule has 0 aliphatic carbocycles. The van der Waals surface area contributed by atoms with Crippen LogP contribution < -0.4 is 5.32 Å². The van der Waals surface area contributed by atoms with Gasteiger partial charge in [-0.05, 0) is 6.92 Å². The number of carboxylic acid groups (broad SMARTS) is 4. The molecule has 14 heteroatoms. The molecule has 0 aromatic carbocycles. The van der Waals surface area contributed by atoms with E-state index in [0.29, 0.717) is 13.2 Å². The fourth-order valence-corrected chi connectivity index (χ4v) is 2.69. The zero-order valence-corrected chi connectivity index (χ0v) is 18.1. The number of nitrogens with zero attached hydrogens (tertiary/aromatic N) is 3. The number of amides is 1. The van der Waals surface area contributed by atoms with Gasteiger partial charge in [0, 0.05) is 39.3 Å². The van der Waals surface area contributed by atoms with E-state index in [9.17, 15) is 24.0 Å². The zero-order valence-electron chi connectivity index (χ0n) is 18.1. The second-order valence-corrected chi connectivity index (χ2v) is 6.82. The van der Waals surface area contributed by atoms with Crippen LogP contribution >= 0.6 is 0 Å². The monoisotopic (exact) mass is 464 g/mol. The van der Waals surface area contributed by atoms with Crippen molar-refractivity contribution in [3.63, 3.8) is 0 Å². The summed E-state index contributed by atoms with van der Waals surface area (Å²) in [5.41, 5.74) is 0. The maximum absolute atomic E-state index is 12.2. The lowest BCUT2D eigenvalue weighted by Crippen LogP contribution is -2.47. The van der Waals surface area contributed by atoms with Gasteiger partial charge in [-0.3, -0.25) is 38.7 Å². The summed E-state index contributed by atoms with van der Waals surface area (Å²) in [6.45, 7) is 0.969. The number of ether oxygens (including phenoxy) is 1. The van der Waals surface area contributed by atoms with Crippen molar-refractivity contribution in [2.24, 2.45) is 0 Å². The van der Waals surface area contributed by atoms with E-state index in [1.807, 2.05) is 6.92 Å². The molecular formula is C18H32N4O10. The van der Waals surface area contributed by atoms with E-state index in [2.05, 4.69) is 5.32 Å². The minimum Gasteiger partial charge on any atom is -0.480 e. The Labute approximate surface area is 185 Å². The van der Waals surface area contributed by atoms with Crippen LogP contribution in [0.1, 0.15) is 6.92 Å². The van der Waals surface area contributed by atoms with E-state index in [1.54, 1.807) is 4.90 Å². The molecule has 0 fully saturated rings. The van der Waals surface area contributed by atoms with Crippen LogP contribution in [0.5, 0.6) is 0 Å². The van der Waals surface area contributed by atoms with Crippen molar-refractivity contribution >= 4 is 29.8 Å². The minimum atomic E-state index is -1.21. The van der Waals surface area contributed by atoms with E-state index >= 15 is 0 Å². The number of carbonyl (C=O) groups excluding carboxylic acids is 1. The summed E-state index contributed by atoms with van der Waals surface area (Å²) >= 11 is 0. The zero-order chi connectivity index (χ0) is 24.5. The molecular weight excluding hydrogens is 432 g/mol. The quantitative estimate of drug-likeness (QED) is 0.118. The molecule has 0 unspecified atom stereocenters. The highest BCUT2D eigenvalue weighted by Crippen LogP contribution is 1.97. The maximum Gasteiger partial charge on any atom is 0.317 e. The molecule has 0 heterocycles. The second kappa shape index (κ2) is 16.8. The van der Waals surface area contributed by atoms with Gasteiger partial charge in [0.25, 0.3) is 0 Å². The summed E-state index contributed by atoms with van der Waals surface area (Å²) in [6.07, 6.45) is 0. The smallest absolute Gasteiger partial charge is 0.317 e. The lowest BCUT2D eigenvalue weighted by atomic mass is 10.3. The van der Waals surface area contributed by atoms with Crippen molar-refractivity contribution in [2.75, 3.05) is 78.7 Å². The lowest BCUT2D eigenvalue weighted by Gasteiger charge is -2.28. The van der Waals surface area contributed by atoms with Crippen LogP contribution in [0.3, 0.4) is 0 Å². The second-order valence-electron chi connectivity index (χ2n) is 6.82. The molecule has 1 amide bonds. The molecule has 0 atom stereocenters. The first-order chi connectivity index (χ1) is 15.0. The first-order valence-corrected chi connectivity index (χ1v) is 9.92. The van der Waals surface area contributed by atoms with Crippen molar-refractivity contribution in [3.8, 4) is 0 Å². The molecule has 0 aliphatic rings. The lowest BCUT2D eigenvalue weighted by molar-refractivity contribution is -0.143. The van der Waals surface area contributed by atoms with Gasteiger partial charge in [0.15, 0.2) is 0 Å². The van der Waals surface area contributed by atoms with E-state index in [0.717, 1.165) is 0 Å². The van der Waals surface area contributed by atoms with E-state index in [1.165, 1.54) is 9.80 Å². The molecule has 0 bridgehead atoms. The molecule has 0 saturated heterocycles. The maximum atomic E-state index is 12.2. The fraction of sp³-hybridized carbons (Fsp3) is 0.722. The Hall–Kier alpha value is -2.81. The standard InChI is InChI=1S/C18H32N4O10/c1-2-32-8-3-19-14(23)9-20(4-6-21(10-15(24)25)11-16(26)27)5-7-22(12-17(28)29)13-18(30)31/h2-13H2,1H3,(H,19,23)(H,24,25)(H,26,27)(H,28,29)(H,30,31). The van der Waals surface area contributed by atoms with Crippen LogP contribution in [0.15, 0.2) is 0 Å². The number of rotatable bonds is 20. The minimum absolute atomic E-state index is 0.0166. The van der Waals surface area contributed by atoms with E-state index < -0.39 is 50.1 Å². The molecule has 184 valence electrons. The summed E-state index contributed by atoms with van der Waals surface area (Å²) in [5.74, 6) is -5.20. The van der Waals surface area contributed by atoms with Gasteiger partial charge >= 0.3 is 23.9 Å². The Morgan fingerprint density at radius 1 is 0.656 bits per heavy atom. The molecule has 5 N–H and O–H groups in total. The van der Waals surface area contributed by atoms with Gasteiger partial charge in [-0.1, -0.05) is 0 Å². The van der Waals surface area contributed by atoms with E-state index in [-0.39, 0.29) is 45.2 Å². The average Bonchev–Trinajstić information content (AvgIpc) is 2.65. The van der Waals surface area contributed by atoms with Crippen LogP contribution in [-0.4, -0.2) is 144 Å². The van der Waals surface area contributed by atoms with Crippen molar-refractivity contribution in [1.82, 2.24) is 20.0 Å². The van der Waals surface area contributed by atoms with Crippen LogP contribution in [0.25, 0.3) is 0 Å². The molecule has 0 aromatic rings. The summed E-state index contributed by atoms with van der Waals surface area (Å²) < 4.78 is 5.13. The van der Waals surface area contributed by atoms with Gasteiger partial charge in [0.1, 0.15) is 0 Å². The highest BCUT2D eigenvalue weighted by Gasteiger charge is 2.19. The van der Waals surface area contributed by atoms with Gasteiger partial charge < -0.3 is 30.5 Å². The van der Waals surface area contributed by atoms with Gasteiger partial charge in [-0.25, -0.2) is 0 Å². The van der Waals surface area contributed by atoms with Crippen molar-refractivity contribution in [2.45, 2.75) is 6.92 Å². The third-order valence-electron chi connectivity index (χ3n) is 4.04. The Bertz CT molecular complexity index is 559. The van der Waals surface area contributed by atoms with Crippen LogP contribution in [0, 0.1) is 0 Å². The number of hydrogen-bond acceptors (Lipinski definition) is 9. The molecule has 0 spiro atoms. The van der Waals surface area contributed by atoms with Gasteiger partial charge in [-0.15, -0.1) is 0 Å². The van der Waals surface area contributed by atoms with Crippen molar-refractivity contribution in [1.29, 1.82) is 0 Å². The normalized spacial score (nSPS) is 11.1. The SMILES string of the molecule is CCOCCNC(=O)CN(CCN(CC(=O)O)CC(=O)O)CCN(CC(=O)O)CC(=O)O. The number of carboxylic acids is 4. The predicted molar refractivity (Wildman–Crippen MR) is 109 cm³/mol. The predicted octanol–water partition coefficient (Wildman–Crippen LogP) is -2.62. The Morgan fingerprint density at radius 3 is 1.38 bits per heavy atom. The van der Waals surface area contributed by atoms with Crippen molar-refractivity contribution < 1.29 is 49.1 Å². The summed E-state index contributed by atoms with van der Waals surface area (Å²) in [6, 6.07) is 0. The first kappa shape index (κ1) is 29.2. The van der Waals surface area contributed by atoms with Crippen molar-refractivity contribution in [3.05, 3.63) is 0 Å². The van der Waals surface area contributed by atoms with Crippen LogP contribution in [0.2, 0.25) is 0 Å². The highest BCUT2D eigenvalue weighted by atomic mass is 16.5. The third-order valence-corrected chi connectivity index (χ3v) is 4.04. The number of carbonyl (C=O) groups is 5. The van der Waals surface area contributed by atoms with Crippen LogP contribution in [-0.2, 0) is 28.7 Å². The summed E-state index contributed by atoms with van der Waals surface area (Å²) in [5, 5.41) is 38.4. The Balaban J connectivity index is 5.07. The molecule has 0 aliphatic heterocycles. The molecule has 0 rings (SSSR count). The Morgan fingerprint density at radius 2 is 1.03 bits per heavy atom. The first-order valence-electron chi connectivity index (χ1n) is 9.92. The summed E-state index contributed by atoms with van der Waals surface area (Å²) in [7, 11) is 0.